The fourth-order valence-electron chi connectivity index (χ4n) is 2.77. The highest BCUT2D eigenvalue weighted by atomic mass is 32.1. The van der Waals surface area contributed by atoms with E-state index in [0.717, 1.165) is 11.1 Å². The minimum atomic E-state index is 1.08. The molecule has 2 heteroatoms. The van der Waals surface area contributed by atoms with Crippen LogP contribution in [0.2, 0.25) is 0 Å². The van der Waals surface area contributed by atoms with Crippen molar-refractivity contribution in [3.63, 3.8) is 0 Å². The molecule has 0 unspecified atom stereocenters. The van der Waals surface area contributed by atoms with Gasteiger partial charge in [0.1, 0.15) is 0 Å². The van der Waals surface area contributed by atoms with E-state index >= 15 is 0 Å². The molecule has 0 spiro atoms. The average molecular weight is 303 g/mol. The van der Waals surface area contributed by atoms with Gasteiger partial charge in [-0.2, -0.15) is 0 Å². The Morgan fingerprint density at radius 1 is 0.600 bits per heavy atom. The minimum Gasteiger partial charge on any atom is -0.145 e. The number of hydrogen-bond acceptors (Lipinski definition) is 2. The summed E-state index contributed by atoms with van der Waals surface area (Å²) >= 11 is 3.70. The van der Waals surface area contributed by atoms with E-state index in [2.05, 4.69) is 54.7 Å². The molecule has 0 N–H and O–H groups in total. The summed E-state index contributed by atoms with van der Waals surface area (Å²) in [6.45, 7) is 21.8. The van der Waals surface area contributed by atoms with Gasteiger partial charge in [0.25, 0.3) is 0 Å². The summed E-state index contributed by atoms with van der Waals surface area (Å²) in [6, 6.07) is 0. The maximum atomic E-state index is 4.34. The van der Waals surface area contributed by atoms with Crippen molar-refractivity contribution in [1.29, 1.82) is 0 Å². The van der Waals surface area contributed by atoms with Crippen LogP contribution in [0.3, 0.4) is 0 Å². The molecule has 2 aromatic heterocycles. The lowest BCUT2D eigenvalue weighted by Gasteiger charge is -2.12. The van der Waals surface area contributed by atoms with E-state index in [0.29, 0.717) is 0 Å². The minimum absolute atomic E-state index is 1.08. The van der Waals surface area contributed by atoms with Crippen LogP contribution in [0.4, 0.5) is 0 Å². The van der Waals surface area contributed by atoms with Gasteiger partial charge in [-0.15, -0.1) is 22.7 Å². The molecule has 106 valence electrons. The predicted octanol–water partition coefficient (Wildman–Crippen LogP) is 6.39. The zero-order valence-electron chi connectivity index (χ0n) is 13.2. The Balaban J connectivity index is 2.51. The number of aryl methyl sites for hydroxylation is 4. The molecule has 2 heterocycles. The molecule has 0 saturated heterocycles. The topological polar surface area (TPSA) is 0 Å². The van der Waals surface area contributed by atoms with E-state index in [1.54, 1.807) is 0 Å². The van der Waals surface area contributed by atoms with Gasteiger partial charge in [0.2, 0.25) is 0 Å². The van der Waals surface area contributed by atoms with E-state index in [1.165, 1.54) is 41.8 Å². The lowest BCUT2D eigenvalue weighted by molar-refractivity contribution is 1.37. The summed E-state index contributed by atoms with van der Waals surface area (Å²) in [5, 5.41) is 0. The molecule has 0 atom stereocenters. The van der Waals surface area contributed by atoms with Crippen LogP contribution in [0.15, 0.2) is 13.2 Å². The van der Waals surface area contributed by atoms with Gasteiger partial charge in [-0.25, -0.2) is 0 Å². The molecule has 0 amide bonds. The first-order valence-electron chi connectivity index (χ1n) is 6.77. The average Bonchev–Trinajstić information content (AvgIpc) is 2.76. The maximum Gasteiger partial charge on any atom is 0.00981 e. The predicted molar refractivity (Wildman–Crippen MR) is 95.1 cm³/mol. The molecule has 0 fully saturated rings. The van der Waals surface area contributed by atoms with Crippen LogP contribution >= 0.6 is 22.7 Å². The van der Waals surface area contributed by atoms with E-state index in [-0.39, 0.29) is 0 Å². The normalized spacial score (nSPS) is 10.9. The lowest BCUT2D eigenvalue weighted by Crippen LogP contribution is -1.93. The number of thiophene rings is 2. The van der Waals surface area contributed by atoms with Crippen LogP contribution in [0.1, 0.15) is 41.8 Å². The first-order chi connectivity index (χ1) is 9.25. The van der Waals surface area contributed by atoms with Crippen molar-refractivity contribution in [3.05, 3.63) is 54.9 Å². The van der Waals surface area contributed by atoms with Crippen molar-refractivity contribution < 1.29 is 0 Å². The van der Waals surface area contributed by atoms with Gasteiger partial charge in [0.05, 0.1) is 0 Å². The molecule has 0 nitrogen and oxygen atoms in total. The van der Waals surface area contributed by atoms with Crippen molar-refractivity contribution in [3.8, 4) is 0 Å². The highest BCUT2D eigenvalue weighted by molar-refractivity contribution is 7.12. The maximum absolute atomic E-state index is 4.34. The van der Waals surface area contributed by atoms with E-state index in [4.69, 9.17) is 0 Å². The van der Waals surface area contributed by atoms with Gasteiger partial charge in [-0.05, 0) is 74.9 Å². The summed E-state index contributed by atoms with van der Waals surface area (Å²) in [4.78, 5) is 5.43. The second-order valence-corrected chi connectivity index (χ2v) is 8.24. The SMILES string of the molecule is C=C(C(=C)c1c(C)sc(C)c1C)c1c(C)sc(C)c1C. The van der Waals surface area contributed by atoms with Crippen LogP contribution in [-0.2, 0) is 0 Å². The second kappa shape index (κ2) is 5.34. The number of hydrogen-bond donors (Lipinski definition) is 0. The van der Waals surface area contributed by atoms with Crippen LogP contribution < -0.4 is 0 Å². The molecule has 0 aromatic carbocycles. The fraction of sp³-hybridized carbons (Fsp3) is 0.333. The molecule has 2 rings (SSSR count). The van der Waals surface area contributed by atoms with Gasteiger partial charge in [0.15, 0.2) is 0 Å². The molecule has 0 saturated carbocycles. The van der Waals surface area contributed by atoms with Crippen LogP contribution in [0.25, 0.3) is 11.1 Å². The highest BCUT2D eigenvalue weighted by Gasteiger charge is 2.19. The van der Waals surface area contributed by atoms with Crippen LogP contribution in [0.5, 0.6) is 0 Å². The monoisotopic (exact) mass is 302 g/mol. The Morgan fingerprint density at radius 2 is 0.900 bits per heavy atom. The zero-order valence-corrected chi connectivity index (χ0v) is 14.9. The Labute approximate surface area is 130 Å². The summed E-state index contributed by atoms with van der Waals surface area (Å²) in [5.41, 5.74) is 7.43. The first kappa shape index (κ1) is 15.3. The molecule has 0 radical (unpaired) electrons. The second-order valence-electron chi connectivity index (χ2n) is 5.39. The highest BCUT2D eigenvalue weighted by Crippen LogP contribution is 2.41. The zero-order chi connectivity index (χ0) is 15.2. The van der Waals surface area contributed by atoms with Crippen molar-refractivity contribution in [2.24, 2.45) is 0 Å². The van der Waals surface area contributed by atoms with E-state index < -0.39 is 0 Å². The van der Waals surface area contributed by atoms with Crippen molar-refractivity contribution in [2.75, 3.05) is 0 Å². The fourth-order valence-corrected chi connectivity index (χ4v) is 4.96. The Morgan fingerprint density at radius 3 is 1.10 bits per heavy atom. The quantitative estimate of drug-likeness (QED) is 0.576. The summed E-state index contributed by atoms with van der Waals surface area (Å²) in [5.74, 6) is 0. The van der Waals surface area contributed by atoms with Crippen molar-refractivity contribution >= 4 is 33.8 Å². The smallest absolute Gasteiger partial charge is 0.00981 e. The summed E-state index contributed by atoms with van der Waals surface area (Å²) in [6.07, 6.45) is 0. The van der Waals surface area contributed by atoms with Gasteiger partial charge in [-0.3, -0.25) is 0 Å². The Hall–Kier alpha value is -1.12. The van der Waals surface area contributed by atoms with Crippen LogP contribution in [0, 0.1) is 41.5 Å². The van der Waals surface area contributed by atoms with Crippen molar-refractivity contribution in [2.45, 2.75) is 41.5 Å². The van der Waals surface area contributed by atoms with E-state index in [1.807, 2.05) is 22.7 Å². The largest absolute Gasteiger partial charge is 0.145 e. The third-order valence-electron chi connectivity index (χ3n) is 4.09. The van der Waals surface area contributed by atoms with Gasteiger partial charge < -0.3 is 0 Å². The molecule has 0 bridgehead atoms. The molecular formula is C18H22S2. The third-order valence-corrected chi connectivity index (χ3v) is 6.34. The van der Waals surface area contributed by atoms with Crippen LogP contribution in [-0.4, -0.2) is 0 Å². The molecule has 2 aromatic rings. The molecule has 0 aliphatic heterocycles. The summed E-state index contributed by atoms with van der Waals surface area (Å²) < 4.78 is 0. The summed E-state index contributed by atoms with van der Waals surface area (Å²) in [7, 11) is 0. The first-order valence-corrected chi connectivity index (χ1v) is 8.41. The standard InChI is InChI=1S/C18H22S2/c1-9(17-11(3)13(5)19-15(17)7)10(2)18-12(4)14(6)20-16(18)8/h1-2H2,3-8H3. The van der Waals surface area contributed by atoms with Gasteiger partial charge in [-0.1, -0.05) is 13.2 Å². The lowest BCUT2D eigenvalue weighted by atomic mass is 9.91. The van der Waals surface area contributed by atoms with E-state index in [9.17, 15) is 0 Å². The van der Waals surface area contributed by atoms with Gasteiger partial charge >= 0.3 is 0 Å². The van der Waals surface area contributed by atoms with Gasteiger partial charge in [0, 0.05) is 19.5 Å². The third kappa shape index (κ3) is 2.32. The van der Waals surface area contributed by atoms with Crippen molar-refractivity contribution in [1.82, 2.24) is 0 Å². The Bertz CT molecular complexity index is 646. The molecule has 0 aliphatic carbocycles. The Kier molecular flexibility index (Phi) is 4.08. The molecular weight excluding hydrogens is 280 g/mol. The number of allylic oxidation sites excluding steroid dienone is 2. The molecule has 20 heavy (non-hydrogen) atoms. The molecule has 0 aliphatic rings. The number of rotatable bonds is 3.